The molecule has 1 atom stereocenters. The molecule has 0 fully saturated rings. The van der Waals surface area contributed by atoms with Gasteiger partial charge in [-0.1, -0.05) is 30.3 Å². The summed E-state index contributed by atoms with van der Waals surface area (Å²) < 4.78 is 0. The Kier molecular flexibility index (Phi) is 4.03. The summed E-state index contributed by atoms with van der Waals surface area (Å²) in [6.07, 6.45) is 2.06. The Labute approximate surface area is 105 Å². The van der Waals surface area contributed by atoms with Crippen LogP contribution in [0.25, 0.3) is 0 Å². The second-order valence-corrected chi connectivity index (χ2v) is 3.92. The number of benzene rings is 1. The monoisotopic (exact) mass is 245 g/mol. The molecule has 94 valence electrons. The lowest BCUT2D eigenvalue weighted by molar-refractivity contribution is 0.0947. The lowest BCUT2D eigenvalue weighted by Gasteiger charge is -2.11. The predicted molar refractivity (Wildman–Crippen MR) is 66.7 cm³/mol. The molecule has 0 radical (unpaired) electrons. The van der Waals surface area contributed by atoms with Gasteiger partial charge in [0.15, 0.2) is 5.69 Å². The van der Waals surface area contributed by atoms with E-state index in [1.165, 1.54) is 6.20 Å². The van der Waals surface area contributed by atoms with Crippen LogP contribution < -0.4 is 11.1 Å². The quantitative estimate of drug-likeness (QED) is 0.719. The molecule has 6 nitrogen and oxygen atoms in total. The highest BCUT2D eigenvalue weighted by molar-refractivity contribution is 5.91. The second-order valence-electron chi connectivity index (χ2n) is 3.92. The standard InChI is InChI=1S/C12H15N5O/c13-10(9-4-2-1-3-5-9)6-7-14-12(18)11-8-15-17-16-11/h1-5,8,10H,6-7,13H2,(H,14,18)(H,15,16,17). The molecule has 2 aromatic rings. The van der Waals surface area contributed by atoms with Crippen molar-refractivity contribution in [2.24, 2.45) is 5.73 Å². The zero-order valence-corrected chi connectivity index (χ0v) is 9.84. The van der Waals surface area contributed by atoms with Crippen LogP contribution in [0.4, 0.5) is 0 Å². The number of rotatable bonds is 5. The van der Waals surface area contributed by atoms with Gasteiger partial charge in [-0.25, -0.2) is 0 Å². The number of amides is 1. The average molecular weight is 245 g/mol. The number of H-pyrrole nitrogens is 1. The summed E-state index contributed by atoms with van der Waals surface area (Å²) >= 11 is 0. The molecule has 1 unspecified atom stereocenters. The van der Waals surface area contributed by atoms with Crippen molar-refractivity contribution >= 4 is 5.91 Å². The first-order chi connectivity index (χ1) is 8.77. The number of carbonyl (C=O) groups excluding carboxylic acids is 1. The number of aromatic amines is 1. The Balaban J connectivity index is 1.77. The van der Waals surface area contributed by atoms with E-state index < -0.39 is 0 Å². The van der Waals surface area contributed by atoms with Crippen molar-refractivity contribution in [1.82, 2.24) is 20.7 Å². The molecular weight excluding hydrogens is 230 g/mol. The fraction of sp³-hybridized carbons (Fsp3) is 0.250. The van der Waals surface area contributed by atoms with E-state index in [-0.39, 0.29) is 17.6 Å². The molecule has 1 aromatic carbocycles. The fourth-order valence-electron chi connectivity index (χ4n) is 1.61. The molecule has 0 bridgehead atoms. The van der Waals surface area contributed by atoms with E-state index in [0.29, 0.717) is 13.0 Å². The molecular formula is C12H15N5O. The summed E-state index contributed by atoms with van der Waals surface area (Å²) in [5, 5.41) is 12.4. The predicted octanol–water partition coefficient (Wildman–Crippen LogP) is 0.625. The Morgan fingerprint density at radius 2 is 2.17 bits per heavy atom. The third-order valence-corrected chi connectivity index (χ3v) is 2.62. The molecule has 1 aromatic heterocycles. The zero-order chi connectivity index (χ0) is 12.8. The van der Waals surface area contributed by atoms with Gasteiger partial charge >= 0.3 is 0 Å². The second kappa shape index (κ2) is 5.92. The molecule has 0 saturated heterocycles. The van der Waals surface area contributed by atoms with Gasteiger partial charge in [0, 0.05) is 12.6 Å². The minimum atomic E-state index is -0.246. The van der Waals surface area contributed by atoms with Crippen molar-refractivity contribution in [1.29, 1.82) is 0 Å². The summed E-state index contributed by atoms with van der Waals surface area (Å²) in [5.41, 5.74) is 7.36. The lowest BCUT2D eigenvalue weighted by atomic mass is 10.1. The van der Waals surface area contributed by atoms with Crippen molar-refractivity contribution in [2.75, 3.05) is 6.54 Å². The van der Waals surface area contributed by atoms with Gasteiger partial charge in [0.05, 0.1) is 6.20 Å². The van der Waals surface area contributed by atoms with Crippen molar-refractivity contribution in [3.63, 3.8) is 0 Å². The molecule has 1 heterocycles. The minimum Gasteiger partial charge on any atom is -0.351 e. The molecule has 0 aliphatic heterocycles. The van der Waals surface area contributed by atoms with Crippen LogP contribution in [-0.2, 0) is 0 Å². The topological polar surface area (TPSA) is 96.7 Å². The minimum absolute atomic E-state index is 0.0798. The Bertz CT molecular complexity index is 482. The highest BCUT2D eigenvalue weighted by Gasteiger charge is 2.09. The molecule has 6 heteroatoms. The largest absolute Gasteiger partial charge is 0.351 e. The lowest BCUT2D eigenvalue weighted by Crippen LogP contribution is -2.27. The number of nitrogens with zero attached hydrogens (tertiary/aromatic N) is 2. The van der Waals surface area contributed by atoms with Gasteiger partial charge in [-0.2, -0.15) is 15.4 Å². The Morgan fingerprint density at radius 3 is 2.83 bits per heavy atom. The molecule has 2 rings (SSSR count). The molecule has 0 spiro atoms. The number of nitrogens with two attached hydrogens (primary N) is 1. The first kappa shape index (κ1) is 12.3. The normalized spacial score (nSPS) is 12.1. The van der Waals surface area contributed by atoms with Gasteiger partial charge in [0.25, 0.3) is 5.91 Å². The molecule has 1 amide bonds. The first-order valence-electron chi connectivity index (χ1n) is 5.72. The Morgan fingerprint density at radius 1 is 1.39 bits per heavy atom. The van der Waals surface area contributed by atoms with E-state index in [2.05, 4.69) is 20.7 Å². The number of hydrogen-bond acceptors (Lipinski definition) is 4. The van der Waals surface area contributed by atoms with Gasteiger partial charge in [0.2, 0.25) is 0 Å². The van der Waals surface area contributed by atoms with E-state index >= 15 is 0 Å². The van der Waals surface area contributed by atoms with Crippen LogP contribution in [0.2, 0.25) is 0 Å². The van der Waals surface area contributed by atoms with Crippen LogP contribution in [0, 0.1) is 0 Å². The highest BCUT2D eigenvalue weighted by atomic mass is 16.1. The third-order valence-electron chi connectivity index (χ3n) is 2.62. The van der Waals surface area contributed by atoms with E-state index in [1.807, 2.05) is 30.3 Å². The number of aromatic nitrogens is 3. The van der Waals surface area contributed by atoms with Crippen LogP contribution in [0.15, 0.2) is 36.5 Å². The molecule has 18 heavy (non-hydrogen) atoms. The van der Waals surface area contributed by atoms with Crippen molar-refractivity contribution < 1.29 is 4.79 Å². The van der Waals surface area contributed by atoms with E-state index in [0.717, 1.165) is 5.56 Å². The van der Waals surface area contributed by atoms with Crippen LogP contribution in [0.3, 0.4) is 0 Å². The van der Waals surface area contributed by atoms with Crippen molar-refractivity contribution in [3.05, 3.63) is 47.8 Å². The summed E-state index contributed by atoms with van der Waals surface area (Å²) in [6.45, 7) is 0.502. The highest BCUT2D eigenvalue weighted by Crippen LogP contribution is 2.12. The van der Waals surface area contributed by atoms with Gasteiger partial charge in [-0.05, 0) is 12.0 Å². The number of hydrogen-bond donors (Lipinski definition) is 3. The first-order valence-corrected chi connectivity index (χ1v) is 5.72. The molecule has 0 saturated carbocycles. The summed E-state index contributed by atoms with van der Waals surface area (Å²) in [4.78, 5) is 11.5. The third kappa shape index (κ3) is 3.14. The zero-order valence-electron chi connectivity index (χ0n) is 9.84. The average Bonchev–Trinajstić information content (AvgIpc) is 2.93. The summed E-state index contributed by atoms with van der Waals surface area (Å²) in [6, 6.07) is 9.71. The maximum absolute atomic E-state index is 11.5. The molecule has 0 aliphatic carbocycles. The van der Waals surface area contributed by atoms with E-state index in [4.69, 9.17) is 5.73 Å². The maximum atomic E-state index is 11.5. The van der Waals surface area contributed by atoms with Crippen LogP contribution >= 0.6 is 0 Å². The number of carbonyl (C=O) groups is 1. The van der Waals surface area contributed by atoms with Crippen LogP contribution in [-0.4, -0.2) is 27.9 Å². The summed E-state index contributed by atoms with van der Waals surface area (Å²) in [5.74, 6) is -0.246. The van der Waals surface area contributed by atoms with Gasteiger partial charge in [-0.15, -0.1) is 0 Å². The maximum Gasteiger partial charge on any atom is 0.273 e. The molecule has 0 aliphatic rings. The van der Waals surface area contributed by atoms with Crippen molar-refractivity contribution in [2.45, 2.75) is 12.5 Å². The van der Waals surface area contributed by atoms with Crippen LogP contribution in [0.5, 0.6) is 0 Å². The van der Waals surface area contributed by atoms with Crippen molar-refractivity contribution in [3.8, 4) is 0 Å². The van der Waals surface area contributed by atoms with E-state index in [1.54, 1.807) is 0 Å². The summed E-state index contributed by atoms with van der Waals surface area (Å²) in [7, 11) is 0. The SMILES string of the molecule is NC(CCNC(=O)c1cn[nH]n1)c1ccccc1. The fourth-order valence-corrected chi connectivity index (χ4v) is 1.61. The van der Waals surface area contributed by atoms with Gasteiger partial charge in [-0.3, -0.25) is 4.79 Å². The smallest absolute Gasteiger partial charge is 0.273 e. The Hall–Kier alpha value is -2.21. The molecule has 4 N–H and O–H groups in total. The van der Waals surface area contributed by atoms with Gasteiger partial charge in [0.1, 0.15) is 0 Å². The van der Waals surface area contributed by atoms with E-state index in [9.17, 15) is 4.79 Å². The van der Waals surface area contributed by atoms with Gasteiger partial charge < -0.3 is 11.1 Å². The van der Waals surface area contributed by atoms with Crippen LogP contribution in [0.1, 0.15) is 28.5 Å². The number of nitrogens with one attached hydrogen (secondary N) is 2.